The number of rotatable bonds is 6. The summed E-state index contributed by atoms with van der Waals surface area (Å²) in [6, 6.07) is 16.7. The van der Waals surface area contributed by atoms with Crippen LogP contribution in [0.15, 0.2) is 48.5 Å². The predicted octanol–water partition coefficient (Wildman–Crippen LogP) is 6.85. The summed E-state index contributed by atoms with van der Waals surface area (Å²) in [5.74, 6) is 2.23. The van der Waals surface area contributed by atoms with E-state index in [1.807, 2.05) is 24.3 Å². The Balaban J connectivity index is 1.62. The van der Waals surface area contributed by atoms with Crippen LogP contribution in [0.25, 0.3) is 11.1 Å². The maximum absolute atomic E-state index is 11.6. The minimum atomic E-state index is -0.291. The molecule has 0 radical (unpaired) electrons. The van der Waals surface area contributed by atoms with Gasteiger partial charge in [0.15, 0.2) is 0 Å². The third-order valence-electron chi connectivity index (χ3n) is 6.34. The van der Waals surface area contributed by atoms with Gasteiger partial charge in [-0.2, -0.15) is 0 Å². The highest BCUT2D eigenvalue weighted by Gasteiger charge is 2.25. The lowest BCUT2D eigenvalue weighted by Crippen LogP contribution is -2.19. The molecule has 0 amide bonds. The summed E-state index contributed by atoms with van der Waals surface area (Å²) in [5.41, 5.74) is 4.39. The molecule has 0 N–H and O–H groups in total. The fourth-order valence-electron chi connectivity index (χ4n) is 4.58. The molecule has 2 aromatic carbocycles. The minimum Gasteiger partial charge on any atom is -0.465 e. The van der Waals surface area contributed by atoms with Crippen molar-refractivity contribution < 1.29 is 9.53 Å². The second-order valence-electron chi connectivity index (χ2n) is 8.07. The molecule has 3 rings (SSSR count). The monoisotopic (exact) mass is 364 g/mol. The molecule has 1 saturated carbocycles. The Morgan fingerprint density at radius 1 is 0.963 bits per heavy atom. The molecule has 1 fully saturated rings. The van der Waals surface area contributed by atoms with Crippen LogP contribution < -0.4 is 0 Å². The fraction of sp³-hybridized carbons (Fsp3) is 0.480. The summed E-state index contributed by atoms with van der Waals surface area (Å²) in [4.78, 5) is 11.6. The van der Waals surface area contributed by atoms with Crippen LogP contribution in [0.3, 0.4) is 0 Å². The van der Waals surface area contributed by atoms with Gasteiger partial charge in [0.2, 0.25) is 0 Å². The molecule has 0 aromatic heterocycles. The van der Waals surface area contributed by atoms with E-state index in [1.54, 1.807) is 0 Å². The Kier molecular flexibility index (Phi) is 6.71. The second-order valence-corrected chi connectivity index (χ2v) is 8.07. The van der Waals surface area contributed by atoms with Crippen molar-refractivity contribution in [3.63, 3.8) is 0 Å². The topological polar surface area (TPSA) is 26.3 Å². The highest BCUT2D eigenvalue weighted by Crippen LogP contribution is 2.40. The van der Waals surface area contributed by atoms with Gasteiger partial charge in [0.05, 0.1) is 12.7 Å². The average molecular weight is 365 g/mol. The summed E-state index contributed by atoms with van der Waals surface area (Å²) in [6.07, 6.45) is 8.09. The van der Waals surface area contributed by atoms with Crippen molar-refractivity contribution in [3.05, 3.63) is 59.7 Å². The number of carbonyl (C=O) groups is 1. The average Bonchev–Trinajstić information content (AvgIpc) is 2.74. The molecular weight excluding hydrogens is 332 g/mol. The Morgan fingerprint density at radius 2 is 1.52 bits per heavy atom. The zero-order valence-corrected chi connectivity index (χ0v) is 16.9. The maximum atomic E-state index is 11.6. The Morgan fingerprint density at radius 3 is 2.04 bits per heavy atom. The molecule has 0 bridgehead atoms. The third-order valence-corrected chi connectivity index (χ3v) is 6.34. The first-order valence-electron chi connectivity index (χ1n) is 10.4. The van der Waals surface area contributed by atoms with Gasteiger partial charge in [-0.05, 0) is 72.3 Å². The molecule has 144 valence electrons. The van der Waals surface area contributed by atoms with E-state index < -0.39 is 0 Å². The summed E-state index contributed by atoms with van der Waals surface area (Å²) in [5, 5.41) is 0. The molecule has 27 heavy (non-hydrogen) atoms. The molecule has 1 unspecified atom stereocenters. The largest absolute Gasteiger partial charge is 0.465 e. The Labute approximate surface area is 164 Å². The molecule has 0 saturated heterocycles. The first-order valence-corrected chi connectivity index (χ1v) is 10.4. The van der Waals surface area contributed by atoms with Crippen LogP contribution in [0.4, 0.5) is 0 Å². The summed E-state index contributed by atoms with van der Waals surface area (Å²) in [6.45, 7) is 4.74. The van der Waals surface area contributed by atoms with Crippen LogP contribution in [0.5, 0.6) is 0 Å². The zero-order chi connectivity index (χ0) is 19.2. The third kappa shape index (κ3) is 4.80. The first kappa shape index (κ1) is 19.7. The number of esters is 1. The van der Waals surface area contributed by atoms with Gasteiger partial charge in [0.1, 0.15) is 0 Å². The lowest BCUT2D eigenvalue weighted by molar-refractivity contribution is 0.0601. The van der Waals surface area contributed by atoms with Crippen LogP contribution in [-0.4, -0.2) is 13.1 Å². The zero-order valence-electron chi connectivity index (χ0n) is 16.9. The number of benzene rings is 2. The molecular formula is C25H32O2. The maximum Gasteiger partial charge on any atom is 0.337 e. The van der Waals surface area contributed by atoms with E-state index in [0.717, 1.165) is 17.4 Å². The van der Waals surface area contributed by atoms with E-state index in [0.29, 0.717) is 11.5 Å². The number of hydrogen-bond acceptors (Lipinski definition) is 2. The minimum absolute atomic E-state index is 0.291. The van der Waals surface area contributed by atoms with Gasteiger partial charge in [-0.3, -0.25) is 0 Å². The molecule has 1 aliphatic carbocycles. The smallest absolute Gasteiger partial charge is 0.337 e. The predicted molar refractivity (Wildman–Crippen MR) is 112 cm³/mol. The van der Waals surface area contributed by atoms with Gasteiger partial charge >= 0.3 is 5.97 Å². The number of hydrogen-bond donors (Lipinski definition) is 0. The Bertz CT molecular complexity index is 722. The normalized spacial score (nSPS) is 20.9. The van der Waals surface area contributed by atoms with Crippen molar-refractivity contribution in [1.29, 1.82) is 0 Å². The van der Waals surface area contributed by atoms with Crippen LogP contribution >= 0.6 is 0 Å². The van der Waals surface area contributed by atoms with Crippen LogP contribution in [-0.2, 0) is 4.74 Å². The van der Waals surface area contributed by atoms with Gasteiger partial charge < -0.3 is 4.74 Å². The van der Waals surface area contributed by atoms with E-state index in [-0.39, 0.29) is 5.97 Å². The van der Waals surface area contributed by atoms with Crippen molar-refractivity contribution in [3.8, 4) is 11.1 Å². The van der Waals surface area contributed by atoms with E-state index in [9.17, 15) is 4.79 Å². The van der Waals surface area contributed by atoms with Gasteiger partial charge in [-0.25, -0.2) is 4.79 Å². The quantitative estimate of drug-likeness (QED) is 0.524. The van der Waals surface area contributed by atoms with Gasteiger partial charge in [-0.1, -0.05) is 63.1 Å². The van der Waals surface area contributed by atoms with Crippen molar-refractivity contribution >= 4 is 5.97 Å². The van der Waals surface area contributed by atoms with Crippen molar-refractivity contribution in [2.45, 2.75) is 58.3 Å². The Hall–Kier alpha value is -2.09. The summed E-state index contributed by atoms with van der Waals surface area (Å²) < 4.78 is 4.76. The van der Waals surface area contributed by atoms with Crippen LogP contribution in [0.2, 0.25) is 0 Å². The van der Waals surface area contributed by atoms with Crippen LogP contribution in [0, 0.1) is 11.8 Å². The molecule has 0 aliphatic heterocycles. The van der Waals surface area contributed by atoms with Crippen molar-refractivity contribution in [1.82, 2.24) is 0 Å². The molecule has 2 nitrogen and oxygen atoms in total. The van der Waals surface area contributed by atoms with Crippen molar-refractivity contribution in [2.75, 3.05) is 7.11 Å². The first-order chi connectivity index (χ1) is 13.1. The summed E-state index contributed by atoms with van der Waals surface area (Å²) in [7, 11) is 1.41. The SMILES string of the molecule is CCCC(C)C1CCC(c2ccc(-c3ccc(C(=O)OC)cc3)cc2)CC1. The lowest BCUT2D eigenvalue weighted by atomic mass is 9.73. The molecule has 0 spiro atoms. The van der Waals surface area contributed by atoms with E-state index in [1.165, 1.54) is 56.8 Å². The molecule has 1 atom stereocenters. The second kappa shape index (κ2) is 9.21. The number of ether oxygens (including phenoxy) is 1. The molecule has 2 aromatic rings. The standard InChI is InChI=1S/C25H32O2/c1-4-5-18(2)19-6-8-20(9-7-19)21-10-12-22(13-11-21)23-14-16-24(17-15-23)25(26)27-3/h10-20H,4-9H2,1-3H3. The highest BCUT2D eigenvalue weighted by atomic mass is 16.5. The molecule has 1 aliphatic rings. The molecule has 2 heteroatoms. The van der Waals surface area contributed by atoms with E-state index in [2.05, 4.69) is 38.1 Å². The molecule has 0 heterocycles. The van der Waals surface area contributed by atoms with E-state index in [4.69, 9.17) is 4.74 Å². The van der Waals surface area contributed by atoms with Crippen molar-refractivity contribution in [2.24, 2.45) is 11.8 Å². The number of carbonyl (C=O) groups excluding carboxylic acids is 1. The van der Waals surface area contributed by atoms with E-state index >= 15 is 0 Å². The van der Waals surface area contributed by atoms with Gasteiger partial charge in [0.25, 0.3) is 0 Å². The lowest BCUT2D eigenvalue weighted by Gasteiger charge is -2.32. The fourth-order valence-corrected chi connectivity index (χ4v) is 4.58. The highest BCUT2D eigenvalue weighted by molar-refractivity contribution is 5.89. The number of methoxy groups -OCH3 is 1. The van der Waals surface area contributed by atoms with Crippen LogP contribution in [0.1, 0.15) is 74.2 Å². The van der Waals surface area contributed by atoms with Gasteiger partial charge in [0, 0.05) is 0 Å². The van der Waals surface area contributed by atoms with Gasteiger partial charge in [-0.15, -0.1) is 0 Å². The summed E-state index contributed by atoms with van der Waals surface area (Å²) >= 11 is 0.